The van der Waals surface area contributed by atoms with E-state index in [2.05, 4.69) is 5.32 Å². The predicted molar refractivity (Wildman–Crippen MR) is 79.5 cm³/mol. The summed E-state index contributed by atoms with van der Waals surface area (Å²) in [6.45, 7) is 0.106. The molecule has 0 spiro atoms. The van der Waals surface area contributed by atoms with E-state index in [0.717, 1.165) is 16.9 Å². The number of aliphatic hydroxyl groups excluding tert-OH is 1. The Bertz CT molecular complexity index is 581. The SMILES string of the molecule is O=C(Nc1ccc(CCO)cc1)c1cc(Cl)sc1Cl. The molecule has 0 unspecified atom stereocenters. The van der Waals surface area contributed by atoms with E-state index in [1.54, 1.807) is 18.2 Å². The predicted octanol–water partition coefficient (Wildman–Crippen LogP) is 3.84. The van der Waals surface area contributed by atoms with Crippen molar-refractivity contribution >= 4 is 46.1 Å². The van der Waals surface area contributed by atoms with Gasteiger partial charge in [-0.15, -0.1) is 11.3 Å². The highest BCUT2D eigenvalue weighted by Crippen LogP contribution is 2.31. The van der Waals surface area contributed by atoms with Crippen molar-refractivity contribution in [2.45, 2.75) is 6.42 Å². The number of thiophene rings is 1. The highest BCUT2D eigenvalue weighted by molar-refractivity contribution is 7.20. The van der Waals surface area contributed by atoms with Gasteiger partial charge in [0, 0.05) is 12.3 Å². The molecule has 1 amide bonds. The van der Waals surface area contributed by atoms with Crippen LogP contribution in [0.15, 0.2) is 30.3 Å². The highest BCUT2D eigenvalue weighted by atomic mass is 35.5. The van der Waals surface area contributed by atoms with Gasteiger partial charge >= 0.3 is 0 Å². The third-order valence-corrected chi connectivity index (χ3v) is 4.00. The second kappa shape index (κ2) is 6.39. The first-order chi connectivity index (χ1) is 9.10. The lowest BCUT2D eigenvalue weighted by Crippen LogP contribution is -2.11. The maximum atomic E-state index is 12.0. The molecule has 0 saturated heterocycles. The summed E-state index contributed by atoms with van der Waals surface area (Å²) in [4.78, 5) is 12.0. The zero-order valence-electron chi connectivity index (χ0n) is 9.82. The summed E-state index contributed by atoms with van der Waals surface area (Å²) in [6, 6.07) is 8.82. The lowest BCUT2D eigenvalue weighted by Gasteiger charge is -2.05. The number of hydrogen-bond acceptors (Lipinski definition) is 3. The number of nitrogens with one attached hydrogen (secondary N) is 1. The largest absolute Gasteiger partial charge is 0.396 e. The summed E-state index contributed by atoms with van der Waals surface area (Å²) in [6.07, 6.45) is 0.597. The minimum atomic E-state index is -0.289. The van der Waals surface area contributed by atoms with Gasteiger partial charge in [-0.3, -0.25) is 4.79 Å². The van der Waals surface area contributed by atoms with Crippen LogP contribution in [-0.2, 0) is 6.42 Å². The Hall–Kier alpha value is -1.07. The average Bonchev–Trinajstić information content (AvgIpc) is 2.71. The van der Waals surface area contributed by atoms with Crippen LogP contribution in [0.3, 0.4) is 0 Å². The lowest BCUT2D eigenvalue weighted by atomic mass is 10.1. The van der Waals surface area contributed by atoms with E-state index in [9.17, 15) is 4.79 Å². The Kier molecular flexibility index (Phi) is 4.82. The smallest absolute Gasteiger partial charge is 0.258 e. The van der Waals surface area contributed by atoms with Crippen molar-refractivity contribution in [1.29, 1.82) is 0 Å². The number of aliphatic hydroxyl groups is 1. The molecule has 0 bridgehead atoms. The molecule has 0 aliphatic rings. The fourth-order valence-electron chi connectivity index (χ4n) is 1.58. The Morgan fingerprint density at radius 3 is 2.47 bits per heavy atom. The topological polar surface area (TPSA) is 49.3 Å². The number of carbonyl (C=O) groups is 1. The number of carbonyl (C=O) groups excluding carboxylic acids is 1. The Morgan fingerprint density at radius 1 is 1.26 bits per heavy atom. The quantitative estimate of drug-likeness (QED) is 0.900. The lowest BCUT2D eigenvalue weighted by molar-refractivity contribution is 0.102. The summed E-state index contributed by atoms with van der Waals surface area (Å²) >= 11 is 12.9. The van der Waals surface area contributed by atoms with Crippen LogP contribution in [0.5, 0.6) is 0 Å². The molecule has 0 aliphatic carbocycles. The molecule has 2 N–H and O–H groups in total. The molecule has 0 radical (unpaired) electrons. The molecule has 0 fully saturated rings. The van der Waals surface area contributed by atoms with Crippen molar-refractivity contribution in [1.82, 2.24) is 0 Å². The molecule has 3 nitrogen and oxygen atoms in total. The van der Waals surface area contributed by atoms with E-state index in [1.807, 2.05) is 12.1 Å². The third kappa shape index (κ3) is 3.70. The highest BCUT2D eigenvalue weighted by Gasteiger charge is 2.14. The van der Waals surface area contributed by atoms with E-state index in [-0.39, 0.29) is 12.5 Å². The van der Waals surface area contributed by atoms with Crippen LogP contribution in [-0.4, -0.2) is 17.6 Å². The van der Waals surface area contributed by atoms with Gasteiger partial charge in [0.15, 0.2) is 0 Å². The fraction of sp³-hybridized carbons (Fsp3) is 0.154. The van der Waals surface area contributed by atoms with Gasteiger partial charge in [0.25, 0.3) is 5.91 Å². The van der Waals surface area contributed by atoms with Gasteiger partial charge in [-0.2, -0.15) is 0 Å². The standard InChI is InChI=1S/C13H11Cl2NO2S/c14-11-7-10(12(15)19-11)13(18)16-9-3-1-8(2-4-9)5-6-17/h1-4,7,17H,5-6H2,(H,16,18). The molecule has 2 rings (SSSR count). The summed E-state index contributed by atoms with van der Waals surface area (Å²) < 4.78 is 0.854. The van der Waals surface area contributed by atoms with Crippen LogP contribution >= 0.6 is 34.5 Å². The number of rotatable bonds is 4. The summed E-state index contributed by atoms with van der Waals surface area (Å²) in [5.41, 5.74) is 2.05. The Morgan fingerprint density at radius 2 is 1.95 bits per heavy atom. The number of benzene rings is 1. The number of hydrogen-bond donors (Lipinski definition) is 2. The molecular weight excluding hydrogens is 305 g/mol. The van der Waals surface area contributed by atoms with Crippen LogP contribution in [0, 0.1) is 0 Å². The number of amides is 1. The summed E-state index contributed by atoms with van der Waals surface area (Å²) in [5.74, 6) is -0.289. The molecule has 0 saturated carbocycles. The summed E-state index contributed by atoms with van der Waals surface area (Å²) in [7, 11) is 0. The van der Waals surface area contributed by atoms with Crippen molar-refractivity contribution in [3.8, 4) is 0 Å². The normalized spacial score (nSPS) is 10.5. The molecule has 100 valence electrons. The zero-order valence-corrected chi connectivity index (χ0v) is 12.1. The van der Waals surface area contributed by atoms with Gasteiger partial charge in [0.1, 0.15) is 4.34 Å². The maximum Gasteiger partial charge on any atom is 0.258 e. The number of anilines is 1. The average molecular weight is 316 g/mol. The van der Waals surface area contributed by atoms with Gasteiger partial charge in [0.2, 0.25) is 0 Å². The van der Waals surface area contributed by atoms with E-state index in [4.69, 9.17) is 28.3 Å². The second-order valence-electron chi connectivity index (χ2n) is 3.86. The van der Waals surface area contributed by atoms with Crippen LogP contribution in [0.2, 0.25) is 8.67 Å². The Balaban J connectivity index is 2.08. The summed E-state index contributed by atoms with van der Waals surface area (Å²) in [5, 5.41) is 11.6. The first-order valence-electron chi connectivity index (χ1n) is 5.56. The van der Waals surface area contributed by atoms with Gasteiger partial charge in [-0.1, -0.05) is 35.3 Å². The van der Waals surface area contributed by atoms with Crippen molar-refractivity contribution in [2.75, 3.05) is 11.9 Å². The van der Waals surface area contributed by atoms with Crippen LogP contribution in [0.1, 0.15) is 15.9 Å². The minimum Gasteiger partial charge on any atom is -0.396 e. The molecule has 0 aliphatic heterocycles. The molecular formula is C13H11Cl2NO2S. The molecule has 1 heterocycles. The molecule has 2 aromatic rings. The molecule has 0 atom stereocenters. The minimum absolute atomic E-state index is 0.106. The van der Waals surface area contributed by atoms with Crippen molar-refractivity contribution in [3.05, 3.63) is 50.1 Å². The van der Waals surface area contributed by atoms with Crippen LogP contribution in [0.4, 0.5) is 5.69 Å². The van der Waals surface area contributed by atoms with Crippen LogP contribution < -0.4 is 5.32 Å². The van der Waals surface area contributed by atoms with Gasteiger partial charge in [-0.05, 0) is 30.2 Å². The van der Waals surface area contributed by atoms with Gasteiger partial charge in [0.05, 0.1) is 9.90 Å². The fourth-order valence-corrected chi connectivity index (χ4v) is 3.04. The van der Waals surface area contributed by atoms with E-state index in [0.29, 0.717) is 26.3 Å². The van der Waals surface area contributed by atoms with E-state index in [1.165, 1.54) is 0 Å². The molecule has 1 aromatic heterocycles. The van der Waals surface area contributed by atoms with E-state index < -0.39 is 0 Å². The second-order valence-corrected chi connectivity index (χ2v) is 6.15. The van der Waals surface area contributed by atoms with Gasteiger partial charge in [-0.25, -0.2) is 0 Å². The molecule has 6 heteroatoms. The first kappa shape index (κ1) is 14.3. The van der Waals surface area contributed by atoms with Crippen molar-refractivity contribution in [3.63, 3.8) is 0 Å². The van der Waals surface area contributed by atoms with E-state index >= 15 is 0 Å². The monoisotopic (exact) mass is 315 g/mol. The first-order valence-corrected chi connectivity index (χ1v) is 7.13. The van der Waals surface area contributed by atoms with Crippen molar-refractivity contribution < 1.29 is 9.90 Å². The van der Waals surface area contributed by atoms with Crippen LogP contribution in [0.25, 0.3) is 0 Å². The molecule has 19 heavy (non-hydrogen) atoms. The maximum absolute atomic E-state index is 12.0. The number of halogens is 2. The zero-order chi connectivity index (χ0) is 13.8. The van der Waals surface area contributed by atoms with Gasteiger partial charge < -0.3 is 10.4 Å². The third-order valence-electron chi connectivity index (χ3n) is 2.51. The Labute approximate surface area is 124 Å². The molecule has 1 aromatic carbocycles. The van der Waals surface area contributed by atoms with Crippen molar-refractivity contribution in [2.24, 2.45) is 0 Å².